The van der Waals surface area contributed by atoms with E-state index in [1.807, 2.05) is 24.3 Å². The standard InChI is InChI=1S/C33H27F2NO3/c1-20(37)23-4-2-5-24(15-23)31-6-3-11-36-33(31)26(12-21-13-27(34)18-28(35)14-21)17-30(39)16-25-8-7-22-9-10-29(38)19-32(22)25/h2-6,8-11,13-15,18-19,26,38H,7,12,16-17H2,1H3/t26-/m1/s1. The molecule has 4 aromatic rings. The molecule has 1 heterocycles. The van der Waals surface area contributed by atoms with E-state index in [-0.39, 0.29) is 36.6 Å². The van der Waals surface area contributed by atoms with E-state index in [1.165, 1.54) is 19.1 Å². The molecule has 0 spiro atoms. The van der Waals surface area contributed by atoms with Crippen LogP contribution < -0.4 is 0 Å². The Kier molecular flexibility index (Phi) is 7.46. The van der Waals surface area contributed by atoms with Crippen molar-refractivity contribution in [1.82, 2.24) is 4.98 Å². The van der Waals surface area contributed by atoms with Gasteiger partial charge in [0.1, 0.15) is 23.2 Å². The number of hydrogen-bond acceptors (Lipinski definition) is 4. The molecule has 1 aliphatic rings. The van der Waals surface area contributed by atoms with Crippen molar-refractivity contribution in [2.45, 2.75) is 38.5 Å². The summed E-state index contributed by atoms with van der Waals surface area (Å²) in [5.74, 6) is -1.81. The van der Waals surface area contributed by atoms with E-state index in [0.29, 0.717) is 23.2 Å². The monoisotopic (exact) mass is 523 g/mol. The van der Waals surface area contributed by atoms with Crippen molar-refractivity contribution in [3.63, 3.8) is 0 Å². The summed E-state index contributed by atoms with van der Waals surface area (Å²) in [6, 6.07) is 19.4. The predicted octanol–water partition coefficient (Wildman–Crippen LogP) is 7.25. The zero-order valence-corrected chi connectivity index (χ0v) is 21.5. The minimum Gasteiger partial charge on any atom is -0.508 e. The molecule has 0 amide bonds. The Morgan fingerprint density at radius 1 is 0.949 bits per heavy atom. The first-order valence-electron chi connectivity index (χ1n) is 12.8. The van der Waals surface area contributed by atoms with Crippen LogP contribution in [0.15, 0.2) is 85.1 Å². The summed E-state index contributed by atoms with van der Waals surface area (Å²) < 4.78 is 28.1. The van der Waals surface area contributed by atoms with Crippen molar-refractivity contribution in [2.24, 2.45) is 0 Å². The van der Waals surface area contributed by atoms with Gasteiger partial charge in [0.2, 0.25) is 0 Å². The fourth-order valence-electron chi connectivity index (χ4n) is 5.28. The van der Waals surface area contributed by atoms with E-state index in [9.17, 15) is 23.5 Å². The molecular weight excluding hydrogens is 496 g/mol. The molecule has 4 nitrogen and oxygen atoms in total. The number of carbonyl (C=O) groups excluding carboxylic acids is 2. The van der Waals surface area contributed by atoms with Crippen LogP contribution in [0.5, 0.6) is 5.75 Å². The second kappa shape index (κ2) is 11.1. The number of benzene rings is 3. The first-order chi connectivity index (χ1) is 18.8. The quantitative estimate of drug-likeness (QED) is 0.235. The number of allylic oxidation sites excluding steroid dienone is 2. The maximum atomic E-state index is 14.1. The smallest absolute Gasteiger partial charge is 0.159 e. The number of carbonyl (C=O) groups is 2. The van der Waals surface area contributed by atoms with Crippen LogP contribution in [0.4, 0.5) is 8.78 Å². The minimum atomic E-state index is -0.682. The zero-order valence-electron chi connectivity index (χ0n) is 21.5. The van der Waals surface area contributed by atoms with E-state index in [1.54, 1.807) is 42.6 Å². The Morgan fingerprint density at radius 3 is 2.51 bits per heavy atom. The van der Waals surface area contributed by atoms with Crippen molar-refractivity contribution in [2.75, 3.05) is 0 Å². The van der Waals surface area contributed by atoms with Crippen molar-refractivity contribution in [1.29, 1.82) is 0 Å². The highest BCUT2D eigenvalue weighted by molar-refractivity contribution is 5.95. The van der Waals surface area contributed by atoms with Gasteiger partial charge >= 0.3 is 0 Å². The lowest BCUT2D eigenvalue weighted by Crippen LogP contribution is -2.13. The third-order valence-electron chi connectivity index (χ3n) is 7.08. The van der Waals surface area contributed by atoms with Gasteiger partial charge in [0.05, 0.1) is 5.69 Å². The van der Waals surface area contributed by atoms with Crippen molar-refractivity contribution in [3.8, 4) is 16.9 Å². The molecule has 0 saturated heterocycles. The number of hydrogen-bond donors (Lipinski definition) is 1. The largest absolute Gasteiger partial charge is 0.508 e. The van der Waals surface area contributed by atoms with Gasteiger partial charge in [-0.05, 0) is 84.0 Å². The van der Waals surface area contributed by atoms with E-state index in [4.69, 9.17) is 0 Å². The van der Waals surface area contributed by atoms with Crippen LogP contribution in [0.2, 0.25) is 0 Å². The lowest BCUT2D eigenvalue weighted by Gasteiger charge is -2.20. The van der Waals surface area contributed by atoms with Gasteiger partial charge in [0.25, 0.3) is 0 Å². The number of ketones is 2. The molecule has 0 fully saturated rings. The fraction of sp³-hybridized carbons (Fsp3) is 0.182. The maximum Gasteiger partial charge on any atom is 0.159 e. The SMILES string of the molecule is CC(=O)c1cccc(-c2cccnc2[C@@H](CC(=O)CC2=CCc3ccc(O)cc32)Cc2cc(F)cc(F)c2)c1. The van der Waals surface area contributed by atoms with Gasteiger partial charge in [-0.15, -0.1) is 0 Å². The Morgan fingerprint density at radius 2 is 1.74 bits per heavy atom. The van der Waals surface area contributed by atoms with Crippen LogP contribution in [0.1, 0.15) is 58.4 Å². The summed E-state index contributed by atoms with van der Waals surface area (Å²) in [5.41, 5.74) is 5.91. The highest BCUT2D eigenvalue weighted by Gasteiger charge is 2.25. The van der Waals surface area contributed by atoms with Crippen molar-refractivity contribution >= 4 is 17.1 Å². The molecule has 0 unspecified atom stereocenters. The Labute approximate surface area is 225 Å². The van der Waals surface area contributed by atoms with Gasteiger partial charge in [0, 0.05) is 42.1 Å². The van der Waals surface area contributed by atoms with Crippen molar-refractivity contribution in [3.05, 3.63) is 125 Å². The van der Waals surface area contributed by atoms with E-state index in [0.717, 1.165) is 33.9 Å². The number of aromatic nitrogens is 1. The number of rotatable bonds is 9. The third kappa shape index (κ3) is 6.01. The number of phenolic OH excluding ortho intramolecular Hbond substituents is 1. The zero-order chi connectivity index (χ0) is 27.5. The summed E-state index contributed by atoms with van der Waals surface area (Å²) in [6.07, 6.45) is 4.80. The molecular formula is C33H27F2NO3. The van der Waals surface area contributed by atoms with Crippen LogP contribution >= 0.6 is 0 Å². The Hall–Kier alpha value is -4.45. The number of Topliss-reactive ketones (excluding diaryl/α,β-unsaturated/α-hetero) is 2. The highest BCUT2D eigenvalue weighted by atomic mass is 19.1. The molecule has 1 aromatic heterocycles. The maximum absolute atomic E-state index is 14.1. The van der Waals surface area contributed by atoms with E-state index < -0.39 is 17.6 Å². The highest BCUT2D eigenvalue weighted by Crippen LogP contribution is 2.36. The van der Waals surface area contributed by atoms with Crippen LogP contribution in [0, 0.1) is 11.6 Å². The number of fused-ring (bicyclic) bond motifs is 1. The molecule has 0 aliphatic heterocycles. The van der Waals surface area contributed by atoms with Gasteiger partial charge in [-0.3, -0.25) is 14.6 Å². The van der Waals surface area contributed by atoms with E-state index in [2.05, 4.69) is 4.98 Å². The number of halogens is 2. The van der Waals surface area contributed by atoms with Crippen LogP contribution in [-0.4, -0.2) is 21.7 Å². The first-order valence-corrected chi connectivity index (χ1v) is 12.8. The number of aromatic hydroxyl groups is 1. The summed E-state index contributed by atoms with van der Waals surface area (Å²) in [4.78, 5) is 30.1. The first kappa shape index (κ1) is 26.2. The molecule has 1 atom stereocenters. The minimum absolute atomic E-state index is 0.0478. The predicted molar refractivity (Wildman–Crippen MR) is 147 cm³/mol. The summed E-state index contributed by atoms with van der Waals surface area (Å²) in [7, 11) is 0. The summed E-state index contributed by atoms with van der Waals surface area (Å²) >= 11 is 0. The third-order valence-corrected chi connectivity index (χ3v) is 7.08. The van der Waals surface area contributed by atoms with Gasteiger partial charge in [-0.2, -0.15) is 0 Å². The Balaban J connectivity index is 1.49. The second-order valence-corrected chi connectivity index (χ2v) is 9.95. The molecule has 1 N–H and O–H groups in total. The number of nitrogens with zero attached hydrogens (tertiary/aromatic N) is 1. The summed E-state index contributed by atoms with van der Waals surface area (Å²) in [5, 5.41) is 9.94. The van der Waals surface area contributed by atoms with Crippen LogP contribution in [-0.2, 0) is 17.6 Å². The molecule has 0 saturated carbocycles. The molecule has 3 aromatic carbocycles. The van der Waals surface area contributed by atoms with Crippen LogP contribution in [0.25, 0.3) is 16.7 Å². The molecule has 0 radical (unpaired) electrons. The average Bonchev–Trinajstić information content (AvgIpc) is 3.29. The lowest BCUT2D eigenvalue weighted by atomic mass is 9.85. The fourth-order valence-corrected chi connectivity index (χ4v) is 5.28. The molecule has 1 aliphatic carbocycles. The van der Waals surface area contributed by atoms with Gasteiger partial charge in [-0.25, -0.2) is 8.78 Å². The van der Waals surface area contributed by atoms with Crippen LogP contribution in [0.3, 0.4) is 0 Å². The number of phenols is 1. The van der Waals surface area contributed by atoms with E-state index >= 15 is 0 Å². The second-order valence-electron chi connectivity index (χ2n) is 9.95. The van der Waals surface area contributed by atoms with Gasteiger partial charge < -0.3 is 5.11 Å². The molecule has 39 heavy (non-hydrogen) atoms. The normalized spacial score (nSPS) is 13.1. The molecule has 5 rings (SSSR count). The van der Waals surface area contributed by atoms with Gasteiger partial charge in [-0.1, -0.05) is 36.4 Å². The topological polar surface area (TPSA) is 67.3 Å². The molecule has 6 heteroatoms. The lowest BCUT2D eigenvalue weighted by molar-refractivity contribution is -0.118. The molecule has 0 bridgehead atoms. The van der Waals surface area contributed by atoms with Crippen molar-refractivity contribution < 1.29 is 23.5 Å². The van der Waals surface area contributed by atoms with Gasteiger partial charge in [0.15, 0.2) is 5.78 Å². The summed E-state index contributed by atoms with van der Waals surface area (Å²) in [6.45, 7) is 1.50. The average molecular weight is 524 g/mol. The molecule has 196 valence electrons. The Bertz CT molecular complexity index is 1590. The number of pyridine rings is 1.